The second-order valence-electron chi connectivity index (χ2n) is 4.89. The zero-order valence-electron chi connectivity index (χ0n) is 10.3. The van der Waals surface area contributed by atoms with E-state index in [-0.39, 0.29) is 0 Å². The number of hydrogen-bond donors (Lipinski definition) is 0. The van der Waals surface area contributed by atoms with Crippen molar-refractivity contribution in [2.75, 3.05) is 0 Å². The van der Waals surface area contributed by atoms with Gasteiger partial charge in [0.05, 0.1) is 5.69 Å². The zero-order chi connectivity index (χ0) is 12.6. The molecule has 18 heavy (non-hydrogen) atoms. The lowest BCUT2D eigenvalue weighted by Crippen LogP contribution is -2.19. The van der Waals surface area contributed by atoms with Crippen LogP contribution in [0.25, 0.3) is 11.0 Å². The lowest BCUT2D eigenvalue weighted by atomic mass is 9.87. The molecule has 0 radical (unpaired) electrons. The quantitative estimate of drug-likeness (QED) is 0.600. The molecule has 1 aromatic heterocycles. The third kappa shape index (κ3) is 1.50. The summed E-state index contributed by atoms with van der Waals surface area (Å²) in [4.78, 5) is 14.8. The number of aryl methyl sites for hydroxylation is 1. The Kier molecular flexibility index (Phi) is 2.53. The van der Waals surface area contributed by atoms with Gasteiger partial charge in [0, 0.05) is 10.9 Å². The Labute approximate surface area is 105 Å². The molecule has 0 N–H and O–H groups in total. The average molecular weight is 242 g/mol. The van der Waals surface area contributed by atoms with E-state index in [2.05, 4.69) is 10.1 Å². The molecule has 0 unspecified atom stereocenters. The fourth-order valence-electron chi connectivity index (χ4n) is 2.94. The molecule has 1 aromatic carbocycles. The van der Waals surface area contributed by atoms with Crippen LogP contribution >= 0.6 is 0 Å². The predicted molar refractivity (Wildman–Crippen MR) is 67.0 cm³/mol. The summed E-state index contributed by atoms with van der Waals surface area (Å²) >= 11 is 0. The van der Waals surface area contributed by atoms with Crippen molar-refractivity contribution in [2.45, 2.75) is 38.1 Å². The van der Waals surface area contributed by atoms with E-state index < -0.39 is 5.54 Å². The van der Waals surface area contributed by atoms with E-state index in [1.807, 2.05) is 25.1 Å². The normalized spacial score (nSPS) is 17.8. The molecule has 0 amide bonds. The van der Waals surface area contributed by atoms with Gasteiger partial charge in [-0.25, -0.2) is 4.79 Å². The van der Waals surface area contributed by atoms with E-state index in [1.165, 1.54) is 0 Å². The summed E-state index contributed by atoms with van der Waals surface area (Å²) in [6.07, 6.45) is 5.64. The Morgan fingerprint density at radius 2 is 2.17 bits per heavy atom. The van der Waals surface area contributed by atoms with Crippen molar-refractivity contribution >= 4 is 17.0 Å². The minimum Gasteiger partial charge on any atom is -0.356 e. The van der Waals surface area contributed by atoms with Gasteiger partial charge in [0.2, 0.25) is 6.08 Å². The number of fused-ring (bicyclic) bond motifs is 1. The Hall–Kier alpha value is -1.93. The van der Waals surface area contributed by atoms with Gasteiger partial charge in [-0.15, -0.1) is 0 Å². The summed E-state index contributed by atoms with van der Waals surface area (Å²) in [5.74, 6) is 0. The van der Waals surface area contributed by atoms with E-state index in [1.54, 1.807) is 6.08 Å². The van der Waals surface area contributed by atoms with Crippen molar-refractivity contribution in [3.05, 3.63) is 29.5 Å². The Balaban J connectivity index is 2.27. The lowest BCUT2D eigenvalue weighted by Gasteiger charge is -2.22. The molecule has 2 aromatic rings. The maximum Gasteiger partial charge on any atom is 0.235 e. The third-order valence-electron chi connectivity index (χ3n) is 3.87. The molecule has 1 aliphatic rings. The molecule has 0 aliphatic heterocycles. The van der Waals surface area contributed by atoms with Gasteiger partial charge in [-0.2, -0.15) is 4.99 Å². The summed E-state index contributed by atoms with van der Waals surface area (Å²) in [6, 6.07) is 5.94. The van der Waals surface area contributed by atoms with E-state index >= 15 is 0 Å². The van der Waals surface area contributed by atoms with Gasteiger partial charge in [0.1, 0.15) is 5.54 Å². The maximum absolute atomic E-state index is 10.7. The Morgan fingerprint density at radius 3 is 2.89 bits per heavy atom. The van der Waals surface area contributed by atoms with Crippen molar-refractivity contribution in [1.82, 2.24) is 5.16 Å². The number of hydrogen-bond acceptors (Lipinski definition) is 4. The summed E-state index contributed by atoms with van der Waals surface area (Å²) < 4.78 is 5.42. The monoisotopic (exact) mass is 242 g/mol. The number of aliphatic imine (C=N–C) groups is 1. The molecule has 0 bridgehead atoms. The first kappa shape index (κ1) is 11.2. The minimum absolute atomic E-state index is 0.451. The number of para-hydroxylation sites is 1. The number of rotatable bonds is 2. The van der Waals surface area contributed by atoms with Crippen molar-refractivity contribution in [3.63, 3.8) is 0 Å². The molecule has 4 nitrogen and oxygen atoms in total. The highest BCUT2D eigenvalue weighted by Crippen LogP contribution is 2.44. The average Bonchev–Trinajstić information content (AvgIpc) is 2.98. The van der Waals surface area contributed by atoms with Crippen LogP contribution in [0.4, 0.5) is 0 Å². The molecule has 1 aliphatic carbocycles. The van der Waals surface area contributed by atoms with Gasteiger partial charge < -0.3 is 4.52 Å². The molecular formula is C14H14N2O2. The van der Waals surface area contributed by atoms with Crippen molar-refractivity contribution in [3.8, 4) is 0 Å². The molecule has 0 spiro atoms. The Bertz CT molecular complexity index is 632. The van der Waals surface area contributed by atoms with Crippen LogP contribution in [0, 0.1) is 6.92 Å². The third-order valence-corrected chi connectivity index (χ3v) is 3.87. The first-order valence-electron chi connectivity index (χ1n) is 6.21. The summed E-state index contributed by atoms with van der Waals surface area (Å²) in [7, 11) is 0. The molecular weight excluding hydrogens is 228 g/mol. The highest BCUT2D eigenvalue weighted by atomic mass is 16.5. The summed E-state index contributed by atoms with van der Waals surface area (Å²) in [6.45, 7) is 1.92. The molecule has 1 saturated carbocycles. The second kappa shape index (κ2) is 4.07. The topological polar surface area (TPSA) is 55.5 Å². The predicted octanol–water partition coefficient (Wildman–Crippen LogP) is 3.24. The van der Waals surface area contributed by atoms with Crippen LogP contribution < -0.4 is 0 Å². The standard InChI is InChI=1S/C14H14N2O2/c1-10-11-5-4-6-12(13(11)18-16-10)14(15-9-17)7-2-3-8-14/h4-6H,2-3,7-8H2,1H3. The van der Waals surface area contributed by atoms with E-state index in [9.17, 15) is 4.79 Å². The number of aromatic nitrogens is 1. The molecule has 0 saturated heterocycles. The smallest absolute Gasteiger partial charge is 0.235 e. The van der Waals surface area contributed by atoms with Gasteiger partial charge in [0.15, 0.2) is 5.58 Å². The maximum atomic E-state index is 10.7. The van der Waals surface area contributed by atoms with Crippen LogP contribution in [-0.4, -0.2) is 11.2 Å². The number of nitrogens with zero attached hydrogens (tertiary/aromatic N) is 2. The van der Waals surface area contributed by atoms with Crippen LogP contribution in [-0.2, 0) is 10.3 Å². The van der Waals surface area contributed by atoms with Gasteiger partial charge in [-0.05, 0) is 25.8 Å². The molecule has 4 heteroatoms. The van der Waals surface area contributed by atoms with E-state index in [0.717, 1.165) is 47.9 Å². The lowest BCUT2D eigenvalue weighted by molar-refractivity contribution is 0.420. The number of benzene rings is 1. The molecule has 1 heterocycles. The van der Waals surface area contributed by atoms with E-state index in [4.69, 9.17) is 4.52 Å². The first-order valence-corrected chi connectivity index (χ1v) is 6.21. The van der Waals surface area contributed by atoms with Crippen LogP contribution in [0.5, 0.6) is 0 Å². The largest absolute Gasteiger partial charge is 0.356 e. The molecule has 3 rings (SSSR count). The van der Waals surface area contributed by atoms with Crippen LogP contribution in [0.3, 0.4) is 0 Å². The minimum atomic E-state index is -0.451. The SMILES string of the molecule is Cc1noc2c(C3(N=C=O)CCCC3)cccc12. The zero-order valence-corrected chi connectivity index (χ0v) is 10.3. The summed E-state index contributed by atoms with van der Waals surface area (Å²) in [5.41, 5.74) is 2.15. The van der Waals surface area contributed by atoms with Crippen LogP contribution in [0.1, 0.15) is 36.9 Å². The molecule has 0 atom stereocenters. The van der Waals surface area contributed by atoms with Gasteiger partial charge in [0.25, 0.3) is 0 Å². The van der Waals surface area contributed by atoms with E-state index in [0.29, 0.717) is 0 Å². The van der Waals surface area contributed by atoms with Gasteiger partial charge in [-0.3, -0.25) is 0 Å². The van der Waals surface area contributed by atoms with Gasteiger partial charge >= 0.3 is 0 Å². The molecule has 92 valence electrons. The van der Waals surface area contributed by atoms with Gasteiger partial charge in [-0.1, -0.05) is 30.1 Å². The van der Waals surface area contributed by atoms with Crippen LogP contribution in [0.15, 0.2) is 27.7 Å². The molecule has 1 fully saturated rings. The van der Waals surface area contributed by atoms with Crippen molar-refractivity contribution in [1.29, 1.82) is 0 Å². The van der Waals surface area contributed by atoms with Crippen LogP contribution in [0.2, 0.25) is 0 Å². The highest BCUT2D eigenvalue weighted by molar-refractivity contribution is 5.83. The van der Waals surface area contributed by atoms with Crippen molar-refractivity contribution < 1.29 is 9.32 Å². The fourth-order valence-corrected chi connectivity index (χ4v) is 2.94. The second-order valence-corrected chi connectivity index (χ2v) is 4.89. The fraction of sp³-hybridized carbons (Fsp3) is 0.429. The number of isocyanates is 1. The summed E-state index contributed by atoms with van der Waals surface area (Å²) in [5, 5.41) is 5.00. The first-order chi connectivity index (χ1) is 8.77. The Morgan fingerprint density at radius 1 is 1.39 bits per heavy atom. The highest BCUT2D eigenvalue weighted by Gasteiger charge is 2.38. The van der Waals surface area contributed by atoms with Crippen molar-refractivity contribution in [2.24, 2.45) is 4.99 Å². The number of carbonyl (C=O) groups excluding carboxylic acids is 1.